The molecule has 0 unspecified atom stereocenters. The van der Waals surface area contributed by atoms with Gasteiger partial charge in [-0.05, 0) is 35.4 Å². The third kappa shape index (κ3) is 5.92. The molecule has 30 heavy (non-hydrogen) atoms. The molecule has 2 aromatic carbocycles. The van der Waals surface area contributed by atoms with E-state index in [1.54, 1.807) is 0 Å². The van der Waals surface area contributed by atoms with Gasteiger partial charge in [0.2, 0.25) is 0 Å². The van der Waals surface area contributed by atoms with Crippen molar-refractivity contribution in [3.8, 4) is 11.5 Å². The fourth-order valence-corrected chi connectivity index (χ4v) is 2.12. The zero-order valence-electron chi connectivity index (χ0n) is 15.1. The Morgan fingerprint density at radius 1 is 0.633 bits per heavy atom. The van der Waals surface area contributed by atoms with Crippen molar-refractivity contribution in [3.05, 3.63) is 58.7 Å². The Hall–Kier alpha value is -4.16. The highest BCUT2D eigenvalue weighted by Gasteiger charge is 2.19. The van der Waals surface area contributed by atoms with Crippen LogP contribution >= 0.6 is 0 Å². The Morgan fingerprint density at radius 2 is 0.933 bits per heavy atom. The van der Waals surface area contributed by atoms with E-state index >= 15 is 0 Å². The van der Waals surface area contributed by atoms with Gasteiger partial charge in [0, 0.05) is 0 Å². The number of hydrogen-bond donors (Lipinski definition) is 8. The molecule has 0 amide bonds. The second-order valence-corrected chi connectivity index (χ2v) is 5.80. The smallest absolute Gasteiger partial charge is 0.339 e. The lowest BCUT2D eigenvalue weighted by Crippen LogP contribution is -2.20. The zero-order valence-corrected chi connectivity index (χ0v) is 15.1. The summed E-state index contributed by atoms with van der Waals surface area (Å²) < 4.78 is 0. The van der Waals surface area contributed by atoms with Gasteiger partial charge in [-0.15, -0.1) is 0 Å². The van der Waals surface area contributed by atoms with Crippen LogP contribution in [0.4, 0.5) is 0 Å². The van der Waals surface area contributed by atoms with Crippen molar-refractivity contribution in [2.75, 3.05) is 0 Å². The molecule has 0 aliphatic carbocycles. The summed E-state index contributed by atoms with van der Waals surface area (Å²) in [4.78, 5) is 42.3. The van der Waals surface area contributed by atoms with Gasteiger partial charge in [0.1, 0.15) is 34.7 Å². The van der Waals surface area contributed by atoms with Crippen LogP contribution in [-0.4, -0.2) is 54.5 Å². The zero-order chi connectivity index (χ0) is 23.2. The number of carboxylic acids is 4. The van der Waals surface area contributed by atoms with Gasteiger partial charge in [-0.1, -0.05) is 12.1 Å². The minimum atomic E-state index is -1.34. The van der Waals surface area contributed by atoms with Gasteiger partial charge in [-0.2, -0.15) is 0 Å². The summed E-state index contributed by atoms with van der Waals surface area (Å²) in [6.07, 6.45) is 0. The summed E-state index contributed by atoms with van der Waals surface area (Å²) in [6, 6.07) is 4.20. The second kappa shape index (κ2) is 9.86. The van der Waals surface area contributed by atoms with E-state index in [2.05, 4.69) is 0 Å². The van der Waals surface area contributed by atoms with E-state index < -0.39 is 47.5 Å². The van der Waals surface area contributed by atoms with Crippen LogP contribution in [0.15, 0.2) is 36.4 Å². The molecule has 0 aromatic heterocycles. The summed E-state index contributed by atoms with van der Waals surface area (Å²) >= 11 is 0. The largest absolute Gasteiger partial charge is 0.507 e. The first kappa shape index (κ1) is 23.9. The number of phenols is 2. The molecule has 2 atom stereocenters. The highest BCUT2D eigenvalue weighted by Crippen LogP contribution is 2.22. The van der Waals surface area contributed by atoms with Crippen molar-refractivity contribution < 1.29 is 49.8 Å². The Morgan fingerprint density at radius 3 is 1.17 bits per heavy atom. The van der Waals surface area contributed by atoms with E-state index in [0.29, 0.717) is 0 Å². The fraction of sp³-hybridized carbons (Fsp3) is 0.111. The summed E-state index contributed by atoms with van der Waals surface area (Å²) in [7, 11) is 0. The van der Waals surface area contributed by atoms with E-state index in [1.807, 2.05) is 0 Å². The Balaban J connectivity index is 0.000000300. The lowest BCUT2D eigenvalue weighted by Gasteiger charge is -2.08. The van der Waals surface area contributed by atoms with Crippen LogP contribution in [0.3, 0.4) is 0 Å². The van der Waals surface area contributed by atoms with Crippen LogP contribution in [0.25, 0.3) is 0 Å². The van der Waals surface area contributed by atoms with Gasteiger partial charge in [-0.25, -0.2) is 9.59 Å². The van der Waals surface area contributed by atoms with Crippen LogP contribution < -0.4 is 11.5 Å². The SMILES string of the molecule is N[C@@H](C(=O)O)c1ccc(O)c(C(=O)O)c1.N[C@@H](C(=O)O)c1ccc(O)c(C(=O)O)c1. The summed E-state index contributed by atoms with van der Waals surface area (Å²) in [6.45, 7) is 0. The number of aliphatic carboxylic acids is 2. The maximum absolute atomic E-state index is 10.6. The summed E-state index contributed by atoms with van der Waals surface area (Å²) in [5.74, 6) is -6.07. The minimum absolute atomic E-state index is 0.123. The Bertz CT molecular complexity index is 909. The maximum Gasteiger partial charge on any atom is 0.339 e. The highest BCUT2D eigenvalue weighted by molar-refractivity contribution is 5.92. The Labute approximate surface area is 168 Å². The Kier molecular flexibility index (Phi) is 7.85. The van der Waals surface area contributed by atoms with Crippen LogP contribution in [0.2, 0.25) is 0 Å². The van der Waals surface area contributed by atoms with Gasteiger partial charge in [0.05, 0.1) is 0 Å². The lowest BCUT2D eigenvalue weighted by atomic mass is 10.0. The van der Waals surface area contributed by atoms with Gasteiger partial charge in [0.15, 0.2) is 0 Å². The minimum Gasteiger partial charge on any atom is -0.507 e. The molecule has 12 heteroatoms. The fourth-order valence-electron chi connectivity index (χ4n) is 2.12. The first-order chi connectivity index (χ1) is 13.9. The normalized spacial score (nSPS) is 12.1. The van der Waals surface area contributed by atoms with Crippen molar-refractivity contribution in [2.24, 2.45) is 11.5 Å². The quantitative estimate of drug-likeness (QED) is 0.314. The third-order valence-corrected chi connectivity index (χ3v) is 3.75. The molecule has 2 aromatic rings. The van der Waals surface area contributed by atoms with Crippen LogP contribution in [0.5, 0.6) is 11.5 Å². The number of rotatable bonds is 6. The number of hydrogen-bond acceptors (Lipinski definition) is 8. The molecule has 0 radical (unpaired) electrons. The molecule has 0 spiro atoms. The van der Waals surface area contributed by atoms with Crippen molar-refractivity contribution in [1.82, 2.24) is 0 Å². The number of carboxylic acid groups (broad SMARTS) is 4. The molecule has 2 rings (SSSR count). The lowest BCUT2D eigenvalue weighted by molar-refractivity contribution is -0.139. The molecule has 0 heterocycles. The summed E-state index contributed by atoms with van der Waals surface area (Å²) in [5, 5.41) is 52.8. The maximum atomic E-state index is 10.6. The number of carbonyl (C=O) groups is 4. The molecule has 0 aliphatic heterocycles. The monoisotopic (exact) mass is 422 g/mol. The van der Waals surface area contributed by atoms with Crippen molar-refractivity contribution in [1.29, 1.82) is 0 Å². The van der Waals surface area contributed by atoms with Gasteiger partial charge < -0.3 is 42.1 Å². The summed E-state index contributed by atoms with van der Waals surface area (Å²) in [5.41, 5.74) is 10.1. The van der Waals surface area contributed by atoms with Crippen molar-refractivity contribution in [2.45, 2.75) is 12.1 Å². The average Bonchev–Trinajstić information content (AvgIpc) is 2.67. The molecule has 0 bridgehead atoms. The molecule has 12 nitrogen and oxygen atoms in total. The predicted octanol–water partition coefficient (Wildman–Crippen LogP) is 0.350. The van der Waals surface area contributed by atoms with Crippen molar-refractivity contribution >= 4 is 23.9 Å². The van der Waals surface area contributed by atoms with E-state index in [0.717, 1.165) is 24.3 Å². The topological polar surface area (TPSA) is 242 Å². The van der Waals surface area contributed by atoms with Gasteiger partial charge in [-0.3, -0.25) is 9.59 Å². The van der Waals surface area contributed by atoms with E-state index in [1.165, 1.54) is 12.1 Å². The second-order valence-electron chi connectivity index (χ2n) is 5.80. The number of nitrogens with two attached hydrogens (primary N) is 2. The molecule has 0 aliphatic rings. The van der Waals surface area contributed by atoms with E-state index in [9.17, 15) is 19.2 Å². The molecule has 0 saturated carbocycles. The number of aromatic hydroxyl groups is 2. The number of benzene rings is 2. The molecular formula is C18H18N2O10. The third-order valence-electron chi connectivity index (χ3n) is 3.75. The first-order valence-corrected chi connectivity index (χ1v) is 7.96. The predicted molar refractivity (Wildman–Crippen MR) is 99.3 cm³/mol. The van der Waals surface area contributed by atoms with Gasteiger partial charge in [0.25, 0.3) is 0 Å². The average molecular weight is 422 g/mol. The van der Waals surface area contributed by atoms with Crippen LogP contribution in [-0.2, 0) is 9.59 Å². The molecule has 0 fully saturated rings. The van der Waals surface area contributed by atoms with E-state index in [-0.39, 0.29) is 22.3 Å². The molecule has 160 valence electrons. The standard InChI is InChI=1S/2C9H9NO5/c2*10-7(9(14)15)4-1-2-6(11)5(3-4)8(12)13/h2*1-3,7,11H,10H2,(H,12,13)(H,14,15)/t2*7-/m11/s1. The molecule has 10 N–H and O–H groups in total. The number of aromatic carboxylic acids is 2. The van der Waals surface area contributed by atoms with Crippen molar-refractivity contribution in [3.63, 3.8) is 0 Å². The van der Waals surface area contributed by atoms with Crippen LogP contribution in [0.1, 0.15) is 43.9 Å². The molecule has 0 saturated heterocycles. The highest BCUT2D eigenvalue weighted by atomic mass is 16.4. The van der Waals surface area contributed by atoms with E-state index in [4.69, 9.17) is 42.1 Å². The van der Waals surface area contributed by atoms with Gasteiger partial charge >= 0.3 is 23.9 Å². The van der Waals surface area contributed by atoms with Crippen LogP contribution in [0, 0.1) is 0 Å². The first-order valence-electron chi connectivity index (χ1n) is 7.96. The molecular weight excluding hydrogens is 404 g/mol.